The fourth-order valence-corrected chi connectivity index (χ4v) is 0.608. The summed E-state index contributed by atoms with van der Waals surface area (Å²) in [7, 11) is 0. The fraction of sp³-hybridized carbons (Fsp3) is 0. The lowest BCUT2D eigenvalue weighted by Crippen LogP contribution is -1.76. The van der Waals surface area contributed by atoms with Gasteiger partial charge in [-0.3, -0.25) is 0 Å². The Labute approximate surface area is 64.9 Å². The molecule has 0 radical (unpaired) electrons. The number of hydrogen-bond donors (Lipinski definition) is 1. The average Bonchev–Trinajstić information content (AvgIpc) is 1.95. The van der Waals surface area contributed by atoms with Crippen LogP contribution in [0.4, 0.5) is 5.82 Å². The second-order valence-electron chi connectivity index (χ2n) is 1.39. The molecule has 52 valence electrons. The Kier molecular flexibility index (Phi) is 2.27. The monoisotopic (exact) mass is 202 g/mol. The quantitative estimate of drug-likeness (QED) is 0.557. The van der Waals surface area contributed by atoms with Crippen molar-refractivity contribution in [2.75, 3.05) is 0 Å². The van der Waals surface area contributed by atoms with Gasteiger partial charge >= 0.3 is 0 Å². The van der Waals surface area contributed by atoms with E-state index in [2.05, 4.69) is 36.3 Å². The molecule has 0 bridgehead atoms. The van der Waals surface area contributed by atoms with Gasteiger partial charge in [-0.1, -0.05) is 5.11 Å². The normalized spacial score (nSPS) is 10.5. The van der Waals surface area contributed by atoms with Crippen LogP contribution in [0.15, 0.2) is 27.4 Å². The highest BCUT2D eigenvalue weighted by molar-refractivity contribution is 9.10. The van der Waals surface area contributed by atoms with Crippen LogP contribution in [-0.2, 0) is 0 Å². The lowest BCUT2D eigenvalue weighted by molar-refractivity contribution is 0.288. The predicted octanol–water partition coefficient (Wildman–Crippen LogP) is 1.71. The van der Waals surface area contributed by atoms with E-state index in [0.717, 1.165) is 0 Å². The Morgan fingerprint density at radius 1 is 1.40 bits per heavy atom. The van der Waals surface area contributed by atoms with Crippen molar-refractivity contribution in [1.29, 1.82) is 0 Å². The second-order valence-corrected chi connectivity index (χ2v) is 2.20. The summed E-state index contributed by atoms with van der Waals surface area (Å²) in [5.74, 6) is 0.269. The Hall–Kier alpha value is -1.04. The Morgan fingerprint density at radius 3 is 2.70 bits per heavy atom. The molecule has 1 heterocycles. The van der Waals surface area contributed by atoms with Gasteiger partial charge in [-0.15, -0.1) is 0 Å². The molecule has 1 N–H and O–H groups in total. The first-order valence-electron chi connectivity index (χ1n) is 2.35. The van der Waals surface area contributed by atoms with E-state index in [1.165, 1.54) is 12.4 Å². The third-order valence-electron chi connectivity index (χ3n) is 0.754. The summed E-state index contributed by atoms with van der Waals surface area (Å²) in [4.78, 5) is 7.53. The van der Waals surface area contributed by atoms with Crippen LogP contribution in [0.3, 0.4) is 0 Å². The summed E-state index contributed by atoms with van der Waals surface area (Å²) < 4.78 is 0.615. The molecule has 6 heteroatoms. The molecule has 0 aliphatic rings. The van der Waals surface area contributed by atoms with Crippen LogP contribution in [0.1, 0.15) is 0 Å². The molecule has 1 aromatic heterocycles. The summed E-state index contributed by atoms with van der Waals surface area (Å²) in [5, 5.41) is 13.7. The molecule has 0 saturated heterocycles. The average molecular weight is 203 g/mol. The summed E-state index contributed by atoms with van der Waals surface area (Å²) >= 11 is 3.09. The molecule has 0 aliphatic carbocycles. The smallest absolute Gasteiger partial charge is 0.196 e. The molecule has 0 atom stereocenters. The Bertz CT molecular complexity index is 234. The zero-order valence-corrected chi connectivity index (χ0v) is 6.35. The van der Waals surface area contributed by atoms with E-state index < -0.39 is 0 Å². The van der Waals surface area contributed by atoms with Crippen molar-refractivity contribution in [3.05, 3.63) is 17.0 Å². The molecule has 5 nitrogen and oxygen atoms in total. The molecule has 0 aromatic carbocycles. The fourth-order valence-electron chi connectivity index (χ4n) is 0.403. The maximum atomic E-state index is 7.97. The van der Waals surface area contributed by atoms with E-state index in [-0.39, 0.29) is 5.82 Å². The van der Waals surface area contributed by atoms with E-state index in [1.807, 2.05) is 0 Å². The molecule has 0 aliphatic heterocycles. The maximum Gasteiger partial charge on any atom is 0.196 e. The minimum atomic E-state index is 0.269. The summed E-state index contributed by atoms with van der Waals surface area (Å²) in [6.45, 7) is 0. The van der Waals surface area contributed by atoms with Gasteiger partial charge in [-0.05, 0) is 15.9 Å². The van der Waals surface area contributed by atoms with Crippen molar-refractivity contribution in [3.8, 4) is 0 Å². The molecule has 0 fully saturated rings. The third kappa shape index (κ3) is 1.73. The van der Waals surface area contributed by atoms with Gasteiger partial charge in [0, 0.05) is 5.28 Å². The van der Waals surface area contributed by atoms with E-state index in [4.69, 9.17) is 5.21 Å². The first-order valence-corrected chi connectivity index (χ1v) is 3.15. The van der Waals surface area contributed by atoms with Gasteiger partial charge < -0.3 is 5.21 Å². The van der Waals surface area contributed by atoms with Gasteiger partial charge in [0.15, 0.2) is 5.82 Å². The number of halogens is 1. The van der Waals surface area contributed by atoms with Gasteiger partial charge in [0.1, 0.15) is 4.60 Å². The molecule has 1 aromatic rings. The van der Waals surface area contributed by atoms with Crippen molar-refractivity contribution < 1.29 is 5.21 Å². The van der Waals surface area contributed by atoms with Gasteiger partial charge in [-0.25, -0.2) is 9.97 Å². The van der Waals surface area contributed by atoms with Crippen LogP contribution in [0.5, 0.6) is 0 Å². The summed E-state index contributed by atoms with van der Waals surface area (Å²) in [5.41, 5.74) is 0. The van der Waals surface area contributed by atoms with Gasteiger partial charge in [0.05, 0.1) is 12.4 Å². The van der Waals surface area contributed by atoms with Crippen molar-refractivity contribution in [1.82, 2.24) is 9.97 Å². The van der Waals surface area contributed by atoms with Crippen LogP contribution < -0.4 is 0 Å². The number of rotatable bonds is 1. The van der Waals surface area contributed by atoms with Crippen molar-refractivity contribution in [2.24, 2.45) is 10.4 Å². The highest BCUT2D eigenvalue weighted by atomic mass is 79.9. The molecule has 0 amide bonds. The van der Waals surface area contributed by atoms with Gasteiger partial charge in [-0.2, -0.15) is 0 Å². The lowest BCUT2D eigenvalue weighted by atomic mass is 10.7. The Balaban J connectivity index is 2.89. The highest BCUT2D eigenvalue weighted by Crippen LogP contribution is 2.08. The molecule has 0 unspecified atom stereocenters. The first-order chi connectivity index (χ1) is 4.83. The van der Waals surface area contributed by atoms with Crippen molar-refractivity contribution >= 4 is 21.7 Å². The van der Waals surface area contributed by atoms with E-state index in [0.29, 0.717) is 4.60 Å². The number of aromatic nitrogens is 2. The molecular weight excluding hydrogens is 200 g/mol. The topological polar surface area (TPSA) is 70.7 Å². The lowest BCUT2D eigenvalue weighted by Gasteiger charge is -1.87. The zero-order valence-electron chi connectivity index (χ0n) is 4.77. The molecule has 1 rings (SSSR count). The van der Waals surface area contributed by atoms with E-state index in [9.17, 15) is 0 Å². The predicted molar refractivity (Wildman–Crippen MR) is 36.0 cm³/mol. The highest BCUT2D eigenvalue weighted by Gasteiger charge is 1.90. The van der Waals surface area contributed by atoms with Crippen LogP contribution >= 0.6 is 15.9 Å². The van der Waals surface area contributed by atoms with Crippen LogP contribution in [0.25, 0.3) is 0 Å². The molecule has 0 spiro atoms. The molecule has 10 heavy (non-hydrogen) atoms. The largest absolute Gasteiger partial charge is 0.394 e. The maximum absolute atomic E-state index is 7.97. The minimum absolute atomic E-state index is 0.269. The second kappa shape index (κ2) is 3.21. The third-order valence-corrected chi connectivity index (χ3v) is 1.16. The van der Waals surface area contributed by atoms with Gasteiger partial charge in [0.2, 0.25) is 0 Å². The molecule has 0 saturated carbocycles. The van der Waals surface area contributed by atoms with Crippen LogP contribution in [0.2, 0.25) is 0 Å². The molecular formula is C4H3BrN4O. The van der Waals surface area contributed by atoms with Crippen molar-refractivity contribution in [3.63, 3.8) is 0 Å². The zero-order chi connectivity index (χ0) is 7.40. The van der Waals surface area contributed by atoms with Crippen LogP contribution in [-0.4, -0.2) is 15.2 Å². The van der Waals surface area contributed by atoms with Gasteiger partial charge in [0.25, 0.3) is 0 Å². The van der Waals surface area contributed by atoms with E-state index in [1.54, 1.807) is 0 Å². The standard InChI is InChI=1S/C4H3BrN4O/c5-3-1-7-4(2-6-3)8-9-10/h1-2H,(H,7,8,10). The van der Waals surface area contributed by atoms with Crippen molar-refractivity contribution in [2.45, 2.75) is 0 Å². The number of hydrogen-bond acceptors (Lipinski definition) is 4. The minimum Gasteiger partial charge on any atom is -0.394 e. The first kappa shape index (κ1) is 7.07. The summed E-state index contributed by atoms with van der Waals surface area (Å²) in [6, 6.07) is 0. The Morgan fingerprint density at radius 2 is 2.20 bits per heavy atom. The SMILES string of the molecule is ON=Nc1cnc(Br)cn1. The van der Waals surface area contributed by atoms with Crippen LogP contribution in [0, 0.1) is 0 Å². The summed E-state index contributed by atoms with van der Waals surface area (Å²) in [6.07, 6.45) is 2.84. The number of nitrogens with zero attached hydrogens (tertiary/aromatic N) is 4. The van der Waals surface area contributed by atoms with E-state index >= 15 is 0 Å².